The molecule has 0 unspecified atom stereocenters. The van der Waals surface area contributed by atoms with Crippen molar-refractivity contribution in [2.75, 3.05) is 0 Å². The third-order valence-electron chi connectivity index (χ3n) is 2.25. The van der Waals surface area contributed by atoms with Gasteiger partial charge in [0.05, 0.1) is 11.8 Å². The lowest BCUT2D eigenvalue weighted by Crippen LogP contribution is -1.94. The van der Waals surface area contributed by atoms with E-state index >= 15 is 0 Å². The van der Waals surface area contributed by atoms with E-state index < -0.39 is 0 Å². The zero-order valence-electron chi connectivity index (χ0n) is 9.71. The normalized spacial score (nSPS) is 9.93. The Labute approximate surface area is 89.7 Å². The van der Waals surface area contributed by atoms with Crippen molar-refractivity contribution < 1.29 is 4.39 Å². The summed E-state index contributed by atoms with van der Waals surface area (Å²) in [6, 6.07) is 3.60. The second kappa shape index (κ2) is 4.91. The highest BCUT2D eigenvalue weighted by Gasteiger charge is 2.08. The van der Waals surface area contributed by atoms with E-state index in [1.165, 1.54) is 0 Å². The van der Waals surface area contributed by atoms with Gasteiger partial charge in [-0.05, 0) is 25.5 Å². The fourth-order valence-electron chi connectivity index (χ4n) is 1.46. The molecule has 0 atom stereocenters. The monoisotopic (exact) mass is 208 g/mol. The maximum absolute atomic E-state index is 13.6. The molecule has 0 amide bonds. The molecule has 0 aliphatic rings. The van der Waals surface area contributed by atoms with Gasteiger partial charge in [-0.2, -0.15) is 0 Å². The fraction of sp³-hybridized carbons (Fsp3) is 0.417. The summed E-state index contributed by atoms with van der Waals surface area (Å²) in [5, 5.41) is 0. The van der Waals surface area contributed by atoms with Gasteiger partial charge in [0.15, 0.2) is 5.82 Å². The van der Waals surface area contributed by atoms with Gasteiger partial charge in [0.2, 0.25) is 0 Å². The number of nitrogens with zero attached hydrogens (tertiary/aromatic N) is 2. The summed E-state index contributed by atoms with van der Waals surface area (Å²) in [7, 11) is 0. The number of fused-ring (bicyclic) bond motifs is 1. The van der Waals surface area contributed by atoms with Gasteiger partial charge in [-0.1, -0.05) is 19.9 Å². The van der Waals surface area contributed by atoms with E-state index in [9.17, 15) is 4.39 Å². The Balaban J connectivity index is 0.000000531. The third-order valence-corrected chi connectivity index (χ3v) is 2.25. The highest BCUT2D eigenvalue weighted by Crippen LogP contribution is 2.19. The van der Waals surface area contributed by atoms with E-state index in [0.29, 0.717) is 11.1 Å². The predicted octanol–water partition coefficient (Wildman–Crippen LogP) is 3.53. The topological polar surface area (TPSA) is 17.8 Å². The molecule has 0 saturated heterocycles. The molecule has 0 spiro atoms. The second-order valence-corrected chi connectivity index (χ2v) is 3.09. The molecule has 3 heteroatoms. The molecular weight excluding hydrogens is 191 g/mol. The first kappa shape index (κ1) is 11.7. The molecule has 2 nitrogen and oxygen atoms in total. The van der Waals surface area contributed by atoms with Crippen molar-refractivity contribution in [1.82, 2.24) is 9.55 Å². The Bertz CT molecular complexity index is 446. The van der Waals surface area contributed by atoms with Crippen molar-refractivity contribution in [3.8, 4) is 0 Å². The minimum atomic E-state index is -0.156. The van der Waals surface area contributed by atoms with Crippen LogP contribution < -0.4 is 0 Å². The van der Waals surface area contributed by atoms with Crippen LogP contribution in [0.4, 0.5) is 4.39 Å². The van der Waals surface area contributed by atoms with Crippen LogP contribution in [0.2, 0.25) is 0 Å². The van der Waals surface area contributed by atoms with Crippen molar-refractivity contribution in [1.29, 1.82) is 0 Å². The summed E-state index contributed by atoms with van der Waals surface area (Å²) in [6.45, 7) is 8.49. The van der Waals surface area contributed by atoms with Gasteiger partial charge in [-0.3, -0.25) is 0 Å². The first-order valence-corrected chi connectivity index (χ1v) is 5.34. The quantitative estimate of drug-likeness (QED) is 0.701. The Hall–Kier alpha value is -1.38. The molecule has 15 heavy (non-hydrogen) atoms. The van der Waals surface area contributed by atoms with E-state index in [2.05, 4.69) is 4.98 Å². The van der Waals surface area contributed by atoms with Gasteiger partial charge in [0.1, 0.15) is 5.52 Å². The van der Waals surface area contributed by atoms with Crippen LogP contribution in [0.25, 0.3) is 11.0 Å². The van der Waals surface area contributed by atoms with E-state index in [4.69, 9.17) is 0 Å². The molecule has 0 fully saturated rings. The summed E-state index contributed by atoms with van der Waals surface area (Å²) in [5.41, 5.74) is 2.01. The smallest absolute Gasteiger partial charge is 0.152 e. The number of aromatic nitrogens is 2. The lowest BCUT2D eigenvalue weighted by molar-refractivity contribution is 0.617. The molecule has 82 valence electrons. The second-order valence-electron chi connectivity index (χ2n) is 3.09. The van der Waals surface area contributed by atoms with Crippen LogP contribution in [-0.2, 0) is 6.54 Å². The third kappa shape index (κ3) is 2.01. The molecule has 0 saturated carbocycles. The molecule has 2 aromatic rings. The Morgan fingerprint density at radius 3 is 2.60 bits per heavy atom. The summed E-state index contributed by atoms with van der Waals surface area (Å²) >= 11 is 0. The van der Waals surface area contributed by atoms with Gasteiger partial charge in [-0.15, -0.1) is 0 Å². The minimum Gasteiger partial charge on any atom is -0.328 e. The average molecular weight is 208 g/mol. The molecule has 0 aliphatic heterocycles. The van der Waals surface area contributed by atoms with E-state index in [1.54, 1.807) is 19.3 Å². The molecule has 1 aromatic heterocycles. The molecule has 0 radical (unpaired) electrons. The van der Waals surface area contributed by atoms with E-state index in [-0.39, 0.29) is 5.82 Å². The Morgan fingerprint density at radius 2 is 2.00 bits per heavy atom. The molecular formula is C12H17FN2. The highest BCUT2D eigenvalue weighted by molar-refractivity contribution is 5.76. The van der Waals surface area contributed by atoms with Gasteiger partial charge < -0.3 is 4.57 Å². The van der Waals surface area contributed by atoms with Crippen molar-refractivity contribution in [3.05, 3.63) is 29.8 Å². The SMILES string of the molecule is CC.CCn1cnc2ccc(C)c(F)c21. The first-order valence-electron chi connectivity index (χ1n) is 5.34. The van der Waals surface area contributed by atoms with Crippen LogP contribution in [0.1, 0.15) is 26.3 Å². The van der Waals surface area contributed by atoms with Gasteiger partial charge in [0.25, 0.3) is 0 Å². The number of halogens is 1. The number of hydrogen-bond acceptors (Lipinski definition) is 1. The molecule has 0 bridgehead atoms. The average Bonchev–Trinajstić information content (AvgIpc) is 2.70. The number of rotatable bonds is 1. The standard InChI is InChI=1S/C10H11FN2.C2H6/c1-3-13-6-12-8-5-4-7(2)9(11)10(8)13;1-2/h4-6H,3H2,1-2H3;1-2H3. The maximum atomic E-state index is 13.6. The van der Waals surface area contributed by atoms with Gasteiger partial charge in [0, 0.05) is 6.54 Å². The van der Waals surface area contributed by atoms with Gasteiger partial charge >= 0.3 is 0 Å². The van der Waals surface area contributed by atoms with E-state index in [0.717, 1.165) is 12.1 Å². The van der Waals surface area contributed by atoms with Crippen LogP contribution in [0, 0.1) is 12.7 Å². The lowest BCUT2D eigenvalue weighted by atomic mass is 10.2. The number of imidazole rings is 1. The molecule has 2 rings (SSSR count). The number of aryl methyl sites for hydroxylation is 2. The van der Waals surface area contributed by atoms with Crippen molar-refractivity contribution >= 4 is 11.0 Å². The van der Waals surface area contributed by atoms with Crippen LogP contribution >= 0.6 is 0 Å². The summed E-state index contributed by atoms with van der Waals surface area (Å²) in [6.07, 6.45) is 1.67. The number of hydrogen-bond donors (Lipinski definition) is 0. The van der Waals surface area contributed by atoms with Crippen LogP contribution in [0.5, 0.6) is 0 Å². The van der Waals surface area contributed by atoms with Gasteiger partial charge in [-0.25, -0.2) is 9.37 Å². The molecule has 0 aliphatic carbocycles. The molecule has 1 aromatic carbocycles. The Morgan fingerprint density at radius 1 is 1.33 bits per heavy atom. The predicted molar refractivity (Wildman–Crippen MR) is 61.5 cm³/mol. The van der Waals surface area contributed by atoms with Crippen LogP contribution in [0.3, 0.4) is 0 Å². The molecule has 1 heterocycles. The first-order chi connectivity index (χ1) is 7.24. The maximum Gasteiger partial charge on any atom is 0.152 e. The van der Waals surface area contributed by atoms with Crippen LogP contribution in [-0.4, -0.2) is 9.55 Å². The Kier molecular flexibility index (Phi) is 3.83. The summed E-state index contributed by atoms with van der Waals surface area (Å²) < 4.78 is 15.4. The zero-order valence-corrected chi connectivity index (χ0v) is 9.71. The van der Waals surface area contributed by atoms with Crippen molar-refractivity contribution in [2.45, 2.75) is 34.2 Å². The molecule has 0 N–H and O–H groups in total. The highest BCUT2D eigenvalue weighted by atomic mass is 19.1. The summed E-state index contributed by atoms with van der Waals surface area (Å²) in [5.74, 6) is -0.156. The van der Waals surface area contributed by atoms with Crippen molar-refractivity contribution in [3.63, 3.8) is 0 Å². The zero-order chi connectivity index (χ0) is 11.4. The largest absolute Gasteiger partial charge is 0.328 e. The lowest BCUT2D eigenvalue weighted by Gasteiger charge is -2.01. The van der Waals surface area contributed by atoms with Crippen molar-refractivity contribution in [2.24, 2.45) is 0 Å². The van der Waals surface area contributed by atoms with Crippen LogP contribution in [0.15, 0.2) is 18.5 Å². The van der Waals surface area contributed by atoms with E-state index in [1.807, 2.05) is 31.4 Å². The fourth-order valence-corrected chi connectivity index (χ4v) is 1.46. The summed E-state index contributed by atoms with van der Waals surface area (Å²) in [4.78, 5) is 4.11. The minimum absolute atomic E-state index is 0.156. The number of benzene rings is 1.